The lowest BCUT2D eigenvalue weighted by atomic mass is 9.94. The minimum atomic E-state index is -0.117. The lowest BCUT2D eigenvalue weighted by Crippen LogP contribution is -2.21. The van der Waals surface area contributed by atoms with E-state index in [1.54, 1.807) is 0 Å². The van der Waals surface area contributed by atoms with E-state index in [4.69, 9.17) is 18.9 Å². The molecule has 0 atom stereocenters. The van der Waals surface area contributed by atoms with Crippen LogP contribution in [0.4, 0.5) is 0 Å². The average Bonchev–Trinajstić information content (AvgIpc) is 2.86. The van der Waals surface area contributed by atoms with Crippen LogP contribution in [0.1, 0.15) is 24.0 Å². The first-order valence-corrected chi connectivity index (χ1v) is 8.25. The molecule has 1 aromatic carbocycles. The number of benzene rings is 1. The lowest BCUT2D eigenvalue weighted by Gasteiger charge is -2.20. The van der Waals surface area contributed by atoms with Crippen molar-refractivity contribution in [1.29, 1.82) is 0 Å². The summed E-state index contributed by atoms with van der Waals surface area (Å²) in [5.41, 5.74) is 2.88. The van der Waals surface area contributed by atoms with E-state index in [9.17, 15) is 4.79 Å². The van der Waals surface area contributed by atoms with Crippen molar-refractivity contribution in [2.45, 2.75) is 19.3 Å². The molecule has 0 saturated heterocycles. The van der Waals surface area contributed by atoms with E-state index in [-0.39, 0.29) is 18.0 Å². The summed E-state index contributed by atoms with van der Waals surface area (Å²) < 4.78 is 22.0. The number of ketones is 1. The van der Waals surface area contributed by atoms with Crippen LogP contribution in [0.3, 0.4) is 0 Å². The molecule has 4 rings (SSSR count). The molecule has 0 amide bonds. The molecule has 126 valence electrons. The Morgan fingerprint density at radius 3 is 2.67 bits per heavy atom. The normalized spacial score (nSPS) is 19.0. The third kappa shape index (κ3) is 2.96. The average molecular weight is 329 g/mol. The van der Waals surface area contributed by atoms with Gasteiger partial charge in [-0.1, -0.05) is 0 Å². The fourth-order valence-electron chi connectivity index (χ4n) is 3.03. The first kappa shape index (κ1) is 15.1. The Morgan fingerprint density at radius 1 is 1.04 bits per heavy atom. The molecule has 3 heterocycles. The number of hydrogen-bond donors (Lipinski definition) is 0. The van der Waals surface area contributed by atoms with Crippen LogP contribution in [0.5, 0.6) is 11.5 Å². The molecular weight excluding hydrogens is 310 g/mol. The maximum atomic E-state index is 12.4. The van der Waals surface area contributed by atoms with Crippen LogP contribution in [0.2, 0.25) is 0 Å². The molecule has 0 bridgehead atoms. The second-order valence-electron chi connectivity index (χ2n) is 5.89. The Morgan fingerprint density at radius 2 is 1.88 bits per heavy atom. The molecule has 0 radical (unpaired) electrons. The molecule has 0 aromatic heterocycles. The van der Waals surface area contributed by atoms with Crippen LogP contribution in [0.15, 0.2) is 29.1 Å². The van der Waals surface area contributed by atoms with Gasteiger partial charge in [-0.3, -0.25) is 9.79 Å². The van der Waals surface area contributed by atoms with Crippen LogP contribution < -0.4 is 9.47 Å². The Balaban J connectivity index is 1.60. The van der Waals surface area contributed by atoms with Crippen LogP contribution in [-0.2, 0) is 20.7 Å². The minimum Gasteiger partial charge on any atom is -0.494 e. The Kier molecular flexibility index (Phi) is 4.11. The molecule has 0 saturated carbocycles. The van der Waals surface area contributed by atoms with Gasteiger partial charge in [0.15, 0.2) is 17.3 Å². The van der Waals surface area contributed by atoms with Crippen LogP contribution in [-0.4, -0.2) is 44.5 Å². The third-order valence-electron chi connectivity index (χ3n) is 4.22. The largest absolute Gasteiger partial charge is 0.494 e. The van der Waals surface area contributed by atoms with Crippen LogP contribution >= 0.6 is 0 Å². The fourth-order valence-corrected chi connectivity index (χ4v) is 3.03. The lowest BCUT2D eigenvalue weighted by molar-refractivity contribution is -0.119. The van der Waals surface area contributed by atoms with Gasteiger partial charge in [0.25, 0.3) is 0 Å². The number of Topliss-reactive ketones (excluding diaryl/α,β-unsaturated/α-hetero) is 1. The SMILES string of the molecule is O=C(CC1=NCCc2cc3c(cc21)OCCCO3)C1=COCCO1. The third-order valence-corrected chi connectivity index (χ3v) is 4.22. The predicted octanol–water partition coefficient (Wildman–Crippen LogP) is 2.04. The summed E-state index contributed by atoms with van der Waals surface area (Å²) in [6, 6.07) is 3.97. The van der Waals surface area contributed by atoms with Gasteiger partial charge in [0.1, 0.15) is 19.5 Å². The number of ether oxygens (including phenoxy) is 4. The first-order valence-electron chi connectivity index (χ1n) is 8.25. The zero-order chi connectivity index (χ0) is 16.4. The van der Waals surface area contributed by atoms with Gasteiger partial charge >= 0.3 is 0 Å². The summed E-state index contributed by atoms with van der Waals surface area (Å²) in [6.07, 6.45) is 3.29. The fraction of sp³-hybridized carbons (Fsp3) is 0.444. The van der Waals surface area contributed by atoms with Crippen molar-refractivity contribution >= 4 is 11.5 Å². The molecule has 3 aliphatic rings. The molecular formula is C18H19NO5. The summed E-state index contributed by atoms with van der Waals surface area (Å²) in [7, 11) is 0. The molecule has 0 fully saturated rings. The van der Waals surface area contributed by atoms with Gasteiger partial charge in [-0.05, 0) is 24.1 Å². The number of carbonyl (C=O) groups is 1. The highest BCUT2D eigenvalue weighted by atomic mass is 16.6. The number of allylic oxidation sites excluding steroid dienone is 1. The molecule has 0 aliphatic carbocycles. The molecule has 0 unspecified atom stereocenters. The van der Waals surface area contributed by atoms with Gasteiger partial charge in [-0.2, -0.15) is 0 Å². The predicted molar refractivity (Wildman–Crippen MR) is 86.8 cm³/mol. The molecule has 6 heteroatoms. The van der Waals surface area contributed by atoms with E-state index in [2.05, 4.69) is 4.99 Å². The number of carbonyl (C=O) groups excluding carboxylic acids is 1. The van der Waals surface area contributed by atoms with Crippen molar-refractivity contribution in [3.63, 3.8) is 0 Å². The van der Waals surface area contributed by atoms with Gasteiger partial charge in [-0.15, -0.1) is 0 Å². The Labute approximate surface area is 140 Å². The molecule has 1 aromatic rings. The molecule has 3 aliphatic heterocycles. The van der Waals surface area contributed by atoms with Gasteiger partial charge in [0.05, 0.1) is 25.3 Å². The van der Waals surface area contributed by atoms with Crippen LogP contribution in [0.25, 0.3) is 0 Å². The van der Waals surface area contributed by atoms with E-state index < -0.39 is 0 Å². The number of rotatable bonds is 3. The second-order valence-corrected chi connectivity index (χ2v) is 5.89. The van der Waals surface area contributed by atoms with Gasteiger partial charge in [-0.25, -0.2) is 0 Å². The maximum Gasteiger partial charge on any atom is 0.206 e. The van der Waals surface area contributed by atoms with Crippen molar-refractivity contribution in [3.8, 4) is 11.5 Å². The highest BCUT2D eigenvalue weighted by Gasteiger charge is 2.24. The van der Waals surface area contributed by atoms with Gasteiger partial charge in [0.2, 0.25) is 5.78 Å². The number of hydrogen-bond acceptors (Lipinski definition) is 6. The van der Waals surface area contributed by atoms with Gasteiger partial charge < -0.3 is 18.9 Å². The highest BCUT2D eigenvalue weighted by Crippen LogP contribution is 2.35. The Bertz CT molecular complexity index is 722. The molecule has 6 nitrogen and oxygen atoms in total. The van der Waals surface area contributed by atoms with E-state index >= 15 is 0 Å². The highest BCUT2D eigenvalue weighted by molar-refractivity contribution is 6.16. The quantitative estimate of drug-likeness (QED) is 0.849. The number of aliphatic imine (C=N–C) groups is 1. The van der Waals surface area contributed by atoms with Crippen molar-refractivity contribution < 1.29 is 23.7 Å². The minimum absolute atomic E-state index is 0.117. The summed E-state index contributed by atoms with van der Waals surface area (Å²) in [5.74, 6) is 1.66. The zero-order valence-electron chi connectivity index (χ0n) is 13.4. The van der Waals surface area contributed by atoms with Crippen LogP contribution in [0, 0.1) is 0 Å². The van der Waals surface area contributed by atoms with Crippen molar-refractivity contribution in [2.75, 3.05) is 33.0 Å². The summed E-state index contributed by atoms with van der Waals surface area (Å²) in [4.78, 5) is 17.0. The standard InChI is InChI=1S/C18H19NO5/c20-15(18-11-21-6-7-24-18)10-14-13-9-17-16(22-4-1-5-23-17)8-12(13)2-3-19-14/h8-9,11H,1-7,10H2. The van der Waals surface area contributed by atoms with Gasteiger partial charge in [0, 0.05) is 18.5 Å². The summed E-state index contributed by atoms with van der Waals surface area (Å²) >= 11 is 0. The second kappa shape index (κ2) is 6.55. The smallest absolute Gasteiger partial charge is 0.206 e. The maximum absolute atomic E-state index is 12.4. The molecule has 0 spiro atoms. The van der Waals surface area contributed by atoms with Crippen molar-refractivity contribution in [2.24, 2.45) is 4.99 Å². The number of nitrogens with zero attached hydrogens (tertiary/aromatic N) is 1. The Hall–Kier alpha value is -2.50. The summed E-state index contributed by atoms with van der Waals surface area (Å²) in [5, 5.41) is 0. The molecule has 0 N–H and O–H groups in total. The van der Waals surface area contributed by atoms with Crippen molar-refractivity contribution in [1.82, 2.24) is 0 Å². The van der Waals surface area contributed by atoms with E-state index in [0.717, 1.165) is 41.2 Å². The number of fused-ring (bicyclic) bond motifs is 2. The zero-order valence-corrected chi connectivity index (χ0v) is 13.4. The van der Waals surface area contributed by atoms with E-state index in [1.165, 1.54) is 6.26 Å². The van der Waals surface area contributed by atoms with Crippen molar-refractivity contribution in [3.05, 3.63) is 35.3 Å². The topological polar surface area (TPSA) is 66.4 Å². The molecule has 24 heavy (non-hydrogen) atoms. The summed E-state index contributed by atoms with van der Waals surface area (Å²) in [6.45, 7) is 2.85. The monoisotopic (exact) mass is 329 g/mol. The van der Waals surface area contributed by atoms with E-state index in [1.807, 2.05) is 12.1 Å². The van der Waals surface area contributed by atoms with E-state index in [0.29, 0.717) is 33.0 Å². The first-order chi connectivity index (χ1) is 11.8.